The van der Waals surface area contributed by atoms with Gasteiger partial charge in [0.1, 0.15) is 0 Å². The minimum absolute atomic E-state index is 0.00483. The zero-order chi connectivity index (χ0) is 24.4. The van der Waals surface area contributed by atoms with Gasteiger partial charge in [-0.2, -0.15) is 17.7 Å². The van der Waals surface area contributed by atoms with Crippen molar-refractivity contribution in [2.75, 3.05) is 26.8 Å². The number of carbonyl (C=O) groups is 1. The van der Waals surface area contributed by atoms with Gasteiger partial charge in [0, 0.05) is 36.7 Å². The van der Waals surface area contributed by atoms with Gasteiger partial charge in [-0.05, 0) is 23.8 Å². The smallest absolute Gasteiger partial charge is 0.318 e. The topological polar surface area (TPSA) is 71.8 Å². The normalized spacial score (nSPS) is 30.0. The predicted molar refractivity (Wildman–Crippen MR) is 118 cm³/mol. The van der Waals surface area contributed by atoms with Crippen LogP contribution in [0.5, 0.6) is 0 Å². The van der Waals surface area contributed by atoms with Crippen LogP contribution in [0, 0.1) is 17.8 Å². The molecule has 1 saturated heterocycles. The minimum Gasteiger partial charge on any atom is -0.382 e. The van der Waals surface area contributed by atoms with Crippen LogP contribution in [-0.2, 0) is 4.74 Å². The monoisotopic (exact) mass is 501 g/mol. The molecule has 2 aromatic heterocycles. The summed E-state index contributed by atoms with van der Waals surface area (Å²) in [6.07, 6.45) is 3.11. The van der Waals surface area contributed by atoms with Crippen molar-refractivity contribution in [2.45, 2.75) is 48.8 Å². The highest BCUT2D eigenvalue weighted by Gasteiger charge is 2.65. The molecule has 186 valence electrons. The molecule has 0 unspecified atom stereocenters. The van der Waals surface area contributed by atoms with Crippen molar-refractivity contribution in [1.82, 2.24) is 24.8 Å². The van der Waals surface area contributed by atoms with Crippen LogP contribution in [0.1, 0.15) is 43.0 Å². The highest BCUT2D eigenvalue weighted by Crippen LogP contribution is 2.67. The van der Waals surface area contributed by atoms with Crippen molar-refractivity contribution in [3.05, 3.63) is 29.7 Å². The number of nitrogens with zero attached hydrogens (tertiary/aromatic N) is 4. The number of ether oxygens (including phenoxy) is 1. The zero-order valence-electron chi connectivity index (χ0n) is 18.8. The maximum absolute atomic E-state index is 14.0. The van der Waals surface area contributed by atoms with Gasteiger partial charge in [0.05, 0.1) is 43.8 Å². The van der Waals surface area contributed by atoms with E-state index in [1.807, 2.05) is 6.92 Å². The second-order valence-corrected chi connectivity index (χ2v) is 10.6. The van der Waals surface area contributed by atoms with Crippen molar-refractivity contribution in [3.8, 4) is 0 Å². The van der Waals surface area contributed by atoms with E-state index in [0.717, 1.165) is 10.6 Å². The number of alkyl halides is 4. The number of hydrogen-bond donors (Lipinski definition) is 2. The Morgan fingerprint density at radius 2 is 1.97 bits per heavy atom. The maximum atomic E-state index is 14.0. The summed E-state index contributed by atoms with van der Waals surface area (Å²) in [6.45, 7) is 0.505. The Hall–Kier alpha value is -2.08. The molecule has 7 nitrogen and oxygen atoms in total. The molecule has 6 atom stereocenters. The van der Waals surface area contributed by atoms with E-state index in [-0.39, 0.29) is 48.4 Å². The van der Waals surface area contributed by atoms with Gasteiger partial charge in [-0.1, -0.05) is 6.92 Å². The standard InChI is InChI=1S/C22H27F4N5O2S/c1-11(34)18(19-13-4-21(23,24)5-14(13)19)15-7-31-17(29-15)3-12(6-28-31)16(8-33-2)30-10-22(25,26)9-27-20(30)32/h3,6-7,11,13-14,16,18-19,34H,4-5,8-10H2,1-2H3,(H,27,32)/t11-,13-,14+,16+,18+,19+/m0/s1. The summed E-state index contributed by atoms with van der Waals surface area (Å²) in [4.78, 5) is 18.1. The molecule has 0 radical (unpaired) electrons. The number of halogens is 4. The Balaban J connectivity index is 1.43. The van der Waals surface area contributed by atoms with Crippen LogP contribution in [-0.4, -0.2) is 69.4 Å². The fourth-order valence-corrected chi connectivity index (χ4v) is 6.18. The molecule has 0 bridgehead atoms. The highest BCUT2D eigenvalue weighted by molar-refractivity contribution is 7.81. The van der Waals surface area contributed by atoms with Crippen molar-refractivity contribution in [2.24, 2.45) is 17.8 Å². The average Bonchev–Trinajstić information content (AvgIpc) is 3.09. The van der Waals surface area contributed by atoms with E-state index in [2.05, 4.69) is 23.0 Å². The first-order valence-corrected chi connectivity index (χ1v) is 11.8. The van der Waals surface area contributed by atoms with E-state index < -0.39 is 37.0 Å². The van der Waals surface area contributed by atoms with Gasteiger partial charge in [0.25, 0.3) is 5.92 Å². The Kier molecular flexibility index (Phi) is 5.74. The molecular weight excluding hydrogens is 474 g/mol. The number of carbonyl (C=O) groups excluding carboxylic acids is 1. The van der Waals surface area contributed by atoms with Crippen molar-refractivity contribution in [1.29, 1.82) is 0 Å². The molecule has 34 heavy (non-hydrogen) atoms. The molecule has 3 heterocycles. The lowest BCUT2D eigenvalue weighted by Gasteiger charge is -2.38. The quantitative estimate of drug-likeness (QED) is 0.448. The summed E-state index contributed by atoms with van der Waals surface area (Å²) in [6, 6.07) is 0.318. The number of imidazole rings is 1. The zero-order valence-corrected chi connectivity index (χ0v) is 19.7. The van der Waals surface area contributed by atoms with E-state index in [1.165, 1.54) is 13.3 Å². The average molecular weight is 502 g/mol. The summed E-state index contributed by atoms with van der Waals surface area (Å²) >= 11 is 4.63. The number of thiol groups is 1. The van der Waals surface area contributed by atoms with Crippen molar-refractivity contribution in [3.63, 3.8) is 0 Å². The lowest BCUT2D eigenvalue weighted by molar-refractivity contribution is -0.0509. The Bertz CT molecular complexity index is 1080. The number of methoxy groups -OCH3 is 1. The predicted octanol–water partition coefficient (Wildman–Crippen LogP) is 3.77. The molecule has 5 rings (SSSR count). The number of hydrogen-bond acceptors (Lipinski definition) is 5. The first kappa shape index (κ1) is 23.7. The Morgan fingerprint density at radius 1 is 1.26 bits per heavy atom. The van der Waals surface area contributed by atoms with Crippen molar-refractivity contribution >= 4 is 24.3 Å². The van der Waals surface area contributed by atoms with Gasteiger partial charge in [-0.3, -0.25) is 0 Å². The number of nitrogens with one attached hydrogen (secondary N) is 1. The largest absolute Gasteiger partial charge is 0.382 e. The minimum atomic E-state index is -3.06. The van der Waals surface area contributed by atoms with E-state index in [0.29, 0.717) is 11.2 Å². The maximum Gasteiger partial charge on any atom is 0.318 e. The van der Waals surface area contributed by atoms with Crippen LogP contribution in [0.4, 0.5) is 22.4 Å². The van der Waals surface area contributed by atoms with Crippen LogP contribution in [0.15, 0.2) is 18.5 Å². The number of amides is 2. The summed E-state index contributed by atoms with van der Waals surface area (Å²) in [5, 5.41) is 6.52. The number of urea groups is 1. The third-order valence-corrected chi connectivity index (χ3v) is 7.67. The van der Waals surface area contributed by atoms with E-state index in [1.54, 1.807) is 16.8 Å². The molecule has 2 amide bonds. The molecule has 2 aliphatic carbocycles. The summed E-state index contributed by atoms with van der Waals surface area (Å²) in [5.74, 6) is -5.67. The van der Waals surface area contributed by atoms with Crippen LogP contribution in [0.2, 0.25) is 0 Å². The molecule has 3 fully saturated rings. The number of aromatic nitrogens is 3. The van der Waals surface area contributed by atoms with Crippen LogP contribution in [0.25, 0.3) is 5.65 Å². The van der Waals surface area contributed by atoms with E-state index in [4.69, 9.17) is 9.72 Å². The molecule has 0 spiro atoms. The lowest BCUT2D eigenvalue weighted by Crippen LogP contribution is -2.58. The summed E-state index contributed by atoms with van der Waals surface area (Å²) < 4.78 is 62.2. The Labute approximate surface area is 199 Å². The van der Waals surface area contributed by atoms with Gasteiger partial charge in [0.2, 0.25) is 5.92 Å². The number of rotatable bonds is 7. The molecule has 2 saturated carbocycles. The van der Waals surface area contributed by atoms with Crippen molar-refractivity contribution < 1.29 is 27.1 Å². The van der Waals surface area contributed by atoms with Crippen LogP contribution >= 0.6 is 12.6 Å². The van der Waals surface area contributed by atoms with E-state index >= 15 is 0 Å². The van der Waals surface area contributed by atoms with Gasteiger partial charge >= 0.3 is 6.03 Å². The Morgan fingerprint density at radius 3 is 2.62 bits per heavy atom. The second kappa shape index (κ2) is 8.25. The third-order valence-electron chi connectivity index (χ3n) is 7.35. The van der Waals surface area contributed by atoms with Gasteiger partial charge < -0.3 is 15.0 Å². The molecule has 2 aromatic rings. The summed E-state index contributed by atoms with van der Waals surface area (Å²) in [7, 11) is 1.43. The highest BCUT2D eigenvalue weighted by atomic mass is 32.1. The second-order valence-electron chi connectivity index (χ2n) is 9.81. The van der Waals surface area contributed by atoms with Gasteiger partial charge in [-0.15, -0.1) is 0 Å². The van der Waals surface area contributed by atoms with Crippen LogP contribution < -0.4 is 5.32 Å². The van der Waals surface area contributed by atoms with Crippen LogP contribution in [0.3, 0.4) is 0 Å². The molecule has 3 aliphatic rings. The molecule has 1 N–H and O–H groups in total. The molecule has 0 aromatic carbocycles. The first-order chi connectivity index (χ1) is 16.0. The van der Waals surface area contributed by atoms with Gasteiger partial charge in [0.15, 0.2) is 5.65 Å². The molecule has 1 aliphatic heterocycles. The fourth-order valence-electron chi connectivity index (χ4n) is 5.83. The fraction of sp³-hybridized carbons (Fsp3) is 0.682. The molecule has 12 heteroatoms. The summed E-state index contributed by atoms with van der Waals surface area (Å²) in [5.41, 5.74) is 1.71. The van der Waals surface area contributed by atoms with E-state index in [9.17, 15) is 22.4 Å². The number of fused-ring (bicyclic) bond motifs is 2. The SMILES string of the molecule is COC[C@H](c1cnn2cc([C@H]([C@H]3[C@@H]4CC(F)(F)C[C@@H]43)[C@H](C)S)nc2c1)N1CC(F)(F)CNC1=O. The lowest BCUT2D eigenvalue weighted by atomic mass is 9.91. The molecular formula is C22H27F4N5O2S. The third kappa shape index (κ3) is 4.23. The first-order valence-electron chi connectivity index (χ1n) is 11.3. The van der Waals surface area contributed by atoms with Gasteiger partial charge in [-0.25, -0.2) is 31.9 Å².